The predicted molar refractivity (Wildman–Crippen MR) is 76.0 cm³/mol. The lowest BCUT2D eigenvalue weighted by atomic mass is 10.3. The Bertz CT molecular complexity index is 611. The topological polar surface area (TPSA) is 48.4 Å². The minimum absolute atomic E-state index is 0.105. The van der Waals surface area contributed by atoms with E-state index in [1.807, 2.05) is 25.1 Å². The van der Waals surface area contributed by atoms with Gasteiger partial charge in [-0.25, -0.2) is 4.98 Å². The Morgan fingerprint density at radius 3 is 3.21 bits per heavy atom. The number of esters is 1. The number of fused-ring (bicyclic) bond motifs is 1. The fourth-order valence-corrected chi connectivity index (χ4v) is 4.21. The predicted octanol–water partition coefficient (Wildman–Crippen LogP) is 3.10. The zero-order valence-electron chi connectivity index (χ0n) is 10.4. The van der Waals surface area contributed by atoms with Gasteiger partial charge in [-0.05, 0) is 25.1 Å². The largest absolute Gasteiger partial charge is 0.494 e. The van der Waals surface area contributed by atoms with Crippen LogP contribution in [0.3, 0.4) is 0 Å². The van der Waals surface area contributed by atoms with Crippen molar-refractivity contribution in [2.75, 3.05) is 13.2 Å². The second-order valence-corrected chi connectivity index (χ2v) is 6.59. The summed E-state index contributed by atoms with van der Waals surface area (Å²) in [4.78, 5) is 16.0. The number of aromatic nitrogens is 1. The van der Waals surface area contributed by atoms with Gasteiger partial charge in [-0.1, -0.05) is 11.8 Å². The number of hydrogen-bond donors (Lipinski definition) is 0. The summed E-state index contributed by atoms with van der Waals surface area (Å²) in [7, 11) is 0. The number of thioether (sulfide) groups is 1. The van der Waals surface area contributed by atoms with Crippen LogP contribution in [0, 0.1) is 0 Å². The van der Waals surface area contributed by atoms with Gasteiger partial charge in [0.2, 0.25) is 0 Å². The molecule has 1 unspecified atom stereocenters. The van der Waals surface area contributed by atoms with Gasteiger partial charge in [0.25, 0.3) is 0 Å². The highest BCUT2D eigenvalue weighted by molar-refractivity contribution is 8.02. The number of carbonyl (C=O) groups is 1. The molecule has 2 aromatic rings. The molecule has 100 valence electrons. The third-order valence-electron chi connectivity index (χ3n) is 2.78. The van der Waals surface area contributed by atoms with Crippen LogP contribution in [0.25, 0.3) is 10.2 Å². The summed E-state index contributed by atoms with van der Waals surface area (Å²) in [6.07, 6.45) is 0.767. The first-order valence-corrected chi connectivity index (χ1v) is 7.82. The molecule has 0 N–H and O–H groups in total. The van der Waals surface area contributed by atoms with Crippen molar-refractivity contribution in [2.24, 2.45) is 0 Å². The van der Waals surface area contributed by atoms with Crippen LogP contribution in [0.1, 0.15) is 13.3 Å². The molecule has 0 radical (unpaired) electrons. The van der Waals surface area contributed by atoms with Crippen LogP contribution in [0.4, 0.5) is 0 Å². The molecular weight excluding hydrogens is 282 g/mol. The zero-order chi connectivity index (χ0) is 13.2. The van der Waals surface area contributed by atoms with Gasteiger partial charge in [-0.3, -0.25) is 4.79 Å². The molecule has 6 heteroatoms. The number of cyclic esters (lactones) is 1. The molecular formula is C13H13NO3S2. The summed E-state index contributed by atoms with van der Waals surface area (Å²) >= 11 is 3.09. The van der Waals surface area contributed by atoms with Crippen molar-refractivity contribution in [3.05, 3.63) is 18.2 Å². The number of nitrogens with zero attached hydrogens (tertiary/aromatic N) is 1. The Kier molecular flexibility index (Phi) is 3.61. The molecule has 1 aromatic carbocycles. The average molecular weight is 295 g/mol. The first-order valence-electron chi connectivity index (χ1n) is 6.13. The van der Waals surface area contributed by atoms with Crippen molar-refractivity contribution in [1.82, 2.24) is 4.98 Å². The SMILES string of the molecule is CCOc1ccc2nc(SC3CCOC3=O)sc2c1. The highest BCUT2D eigenvalue weighted by Gasteiger charge is 2.28. The molecule has 1 fully saturated rings. The third-order valence-corrected chi connectivity index (χ3v) is 5.14. The second kappa shape index (κ2) is 5.38. The molecule has 1 saturated heterocycles. The van der Waals surface area contributed by atoms with E-state index >= 15 is 0 Å². The highest BCUT2D eigenvalue weighted by atomic mass is 32.2. The number of ether oxygens (including phenoxy) is 2. The van der Waals surface area contributed by atoms with Crippen LogP contribution in [-0.4, -0.2) is 29.4 Å². The van der Waals surface area contributed by atoms with Gasteiger partial charge in [-0.2, -0.15) is 0 Å². The molecule has 1 aliphatic heterocycles. The van der Waals surface area contributed by atoms with E-state index in [0.29, 0.717) is 13.2 Å². The van der Waals surface area contributed by atoms with Crippen LogP contribution in [0.5, 0.6) is 5.75 Å². The van der Waals surface area contributed by atoms with Gasteiger partial charge in [0.15, 0.2) is 4.34 Å². The van der Waals surface area contributed by atoms with Crippen LogP contribution in [-0.2, 0) is 9.53 Å². The summed E-state index contributed by atoms with van der Waals surface area (Å²) in [5.74, 6) is 0.731. The number of hydrogen-bond acceptors (Lipinski definition) is 6. The van der Waals surface area contributed by atoms with Crippen LogP contribution >= 0.6 is 23.1 Å². The van der Waals surface area contributed by atoms with E-state index in [1.165, 1.54) is 11.8 Å². The van der Waals surface area contributed by atoms with E-state index in [0.717, 1.165) is 26.7 Å². The van der Waals surface area contributed by atoms with Gasteiger partial charge in [-0.15, -0.1) is 11.3 Å². The quantitative estimate of drug-likeness (QED) is 0.811. The average Bonchev–Trinajstić information content (AvgIpc) is 2.96. The van der Waals surface area contributed by atoms with Crippen molar-refractivity contribution >= 4 is 39.3 Å². The summed E-state index contributed by atoms with van der Waals surface area (Å²) in [5.41, 5.74) is 0.947. The fraction of sp³-hybridized carbons (Fsp3) is 0.385. The fourth-order valence-electron chi connectivity index (χ4n) is 1.90. The van der Waals surface area contributed by atoms with Gasteiger partial charge in [0.05, 0.1) is 23.4 Å². The number of thiazole rings is 1. The number of carbonyl (C=O) groups excluding carboxylic acids is 1. The smallest absolute Gasteiger partial charge is 0.319 e. The van der Waals surface area contributed by atoms with Gasteiger partial charge in [0, 0.05) is 6.42 Å². The summed E-state index contributed by atoms with van der Waals surface area (Å²) < 4.78 is 12.4. The molecule has 2 heterocycles. The second-order valence-electron chi connectivity index (χ2n) is 4.10. The molecule has 0 spiro atoms. The molecule has 19 heavy (non-hydrogen) atoms. The Morgan fingerprint density at radius 2 is 2.47 bits per heavy atom. The Balaban J connectivity index is 1.82. The lowest BCUT2D eigenvalue weighted by Gasteiger charge is -2.00. The summed E-state index contributed by atoms with van der Waals surface area (Å²) in [6, 6.07) is 5.87. The van der Waals surface area contributed by atoms with E-state index in [4.69, 9.17) is 9.47 Å². The van der Waals surface area contributed by atoms with Crippen molar-refractivity contribution in [3.63, 3.8) is 0 Å². The Hall–Kier alpha value is -1.27. The van der Waals surface area contributed by atoms with Gasteiger partial charge >= 0.3 is 5.97 Å². The van der Waals surface area contributed by atoms with Gasteiger partial charge in [0.1, 0.15) is 11.0 Å². The first kappa shape index (κ1) is 12.7. The summed E-state index contributed by atoms with van der Waals surface area (Å²) in [5, 5.41) is -0.105. The normalized spacial score (nSPS) is 18.8. The Labute approximate surface area is 119 Å². The van der Waals surface area contributed by atoms with Gasteiger partial charge < -0.3 is 9.47 Å². The van der Waals surface area contributed by atoms with Crippen LogP contribution < -0.4 is 4.74 Å². The van der Waals surface area contributed by atoms with Crippen LogP contribution in [0.15, 0.2) is 22.5 Å². The van der Waals surface area contributed by atoms with Crippen molar-refractivity contribution in [3.8, 4) is 5.75 Å². The van der Waals surface area contributed by atoms with E-state index in [-0.39, 0.29) is 11.2 Å². The van der Waals surface area contributed by atoms with Crippen molar-refractivity contribution in [2.45, 2.75) is 22.9 Å². The standard InChI is InChI=1S/C13H13NO3S2/c1-2-16-8-3-4-9-11(7-8)19-13(14-9)18-10-5-6-17-12(10)15/h3-4,7,10H,2,5-6H2,1H3. The third kappa shape index (κ3) is 2.69. The molecule has 3 rings (SSSR count). The minimum Gasteiger partial charge on any atom is -0.494 e. The maximum absolute atomic E-state index is 11.4. The lowest BCUT2D eigenvalue weighted by molar-refractivity contribution is -0.137. The maximum Gasteiger partial charge on any atom is 0.319 e. The van der Waals surface area contributed by atoms with E-state index in [1.54, 1.807) is 11.3 Å². The van der Waals surface area contributed by atoms with Crippen molar-refractivity contribution in [1.29, 1.82) is 0 Å². The maximum atomic E-state index is 11.4. The minimum atomic E-state index is -0.126. The molecule has 1 atom stereocenters. The Morgan fingerprint density at radius 1 is 1.58 bits per heavy atom. The molecule has 0 amide bonds. The van der Waals surface area contributed by atoms with E-state index in [2.05, 4.69) is 4.98 Å². The van der Waals surface area contributed by atoms with Crippen molar-refractivity contribution < 1.29 is 14.3 Å². The number of rotatable bonds is 4. The monoisotopic (exact) mass is 295 g/mol. The molecule has 4 nitrogen and oxygen atoms in total. The molecule has 0 bridgehead atoms. The van der Waals surface area contributed by atoms with E-state index in [9.17, 15) is 4.79 Å². The molecule has 1 aliphatic rings. The summed E-state index contributed by atoms with van der Waals surface area (Å²) in [6.45, 7) is 3.14. The molecule has 0 aliphatic carbocycles. The lowest BCUT2D eigenvalue weighted by Crippen LogP contribution is -2.08. The highest BCUT2D eigenvalue weighted by Crippen LogP contribution is 2.36. The van der Waals surface area contributed by atoms with E-state index < -0.39 is 0 Å². The molecule has 0 saturated carbocycles. The zero-order valence-corrected chi connectivity index (χ0v) is 12.1. The number of benzene rings is 1. The molecule has 1 aromatic heterocycles. The van der Waals surface area contributed by atoms with Crippen LogP contribution in [0.2, 0.25) is 0 Å². The first-order chi connectivity index (χ1) is 9.26.